The van der Waals surface area contributed by atoms with Crippen LogP contribution in [0, 0.1) is 0 Å². The molecule has 1 aromatic rings. The molecule has 0 atom stereocenters. The van der Waals surface area contributed by atoms with Gasteiger partial charge in [-0.05, 0) is 25.3 Å². The second-order valence-corrected chi connectivity index (χ2v) is 3.34. The lowest BCUT2D eigenvalue weighted by atomic mass is 10.2. The molecule has 0 spiro atoms. The van der Waals surface area contributed by atoms with Crippen molar-refractivity contribution in [2.75, 3.05) is 13.2 Å². The van der Waals surface area contributed by atoms with Crippen LogP contribution in [0.15, 0.2) is 12.3 Å². The Morgan fingerprint density at radius 1 is 1.46 bits per heavy atom. The minimum Gasteiger partial charge on any atom is -0.299 e. The van der Waals surface area contributed by atoms with Gasteiger partial charge in [-0.1, -0.05) is 0 Å². The van der Waals surface area contributed by atoms with Crippen molar-refractivity contribution in [1.82, 2.24) is 15.3 Å². The summed E-state index contributed by atoms with van der Waals surface area (Å²) in [5.41, 5.74) is 1.11. The maximum atomic E-state index is 5.56. The molecule has 2 rings (SSSR count). The SMILES string of the molecule is c1cc(CN2CCCCCO2)[nH]n1. The van der Waals surface area contributed by atoms with E-state index in [0.717, 1.165) is 25.4 Å². The van der Waals surface area contributed by atoms with Gasteiger partial charge in [0.25, 0.3) is 0 Å². The molecular weight excluding hydrogens is 166 g/mol. The zero-order valence-electron chi connectivity index (χ0n) is 7.70. The van der Waals surface area contributed by atoms with Crippen LogP contribution < -0.4 is 0 Å². The third kappa shape index (κ3) is 2.54. The third-order valence-electron chi connectivity index (χ3n) is 2.23. The molecule has 0 saturated carbocycles. The Bertz CT molecular complexity index is 227. The van der Waals surface area contributed by atoms with E-state index >= 15 is 0 Å². The minimum absolute atomic E-state index is 0.819. The molecule has 1 aromatic heterocycles. The fraction of sp³-hybridized carbons (Fsp3) is 0.667. The van der Waals surface area contributed by atoms with Crippen LogP contribution in [0.4, 0.5) is 0 Å². The highest BCUT2D eigenvalue weighted by atomic mass is 16.7. The molecule has 1 N–H and O–H groups in total. The molecule has 0 bridgehead atoms. The predicted molar refractivity (Wildman–Crippen MR) is 48.8 cm³/mol. The molecule has 1 fully saturated rings. The molecule has 4 nitrogen and oxygen atoms in total. The lowest BCUT2D eigenvalue weighted by Crippen LogP contribution is -2.23. The van der Waals surface area contributed by atoms with Crippen molar-refractivity contribution in [3.63, 3.8) is 0 Å². The summed E-state index contributed by atoms with van der Waals surface area (Å²) < 4.78 is 0. The highest BCUT2D eigenvalue weighted by Crippen LogP contribution is 2.09. The van der Waals surface area contributed by atoms with E-state index in [1.165, 1.54) is 19.3 Å². The highest BCUT2D eigenvalue weighted by molar-refractivity contribution is 4.96. The Balaban J connectivity index is 1.86. The van der Waals surface area contributed by atoms with E-state index in [1.54, 1.807) is 6.20 Å². The van der Waals surface area contributed by atoms with Crippen molar-refractivity contribution in [2.45, 2.75) is 25.8 Å². The lowest BCUT2D eigenvalue weighted by molar-refractivity contribution is -0.159. The Morgan fingerprint density at radius 3 is 3.31 bits per heavy atom. The summed E-state index contributed by atoms with van der Waals surface area (Å²) in [5.74, 6) is 0. The molecule has 0 aromatic carbocycles. The van der Waals surface area contributed by atoms with E-state index in [2.05, 4.69) is 10.2 Å². The summed E-state index contributed by atoms with van der Waals surface area (Å²) in [5, 5.41) is 8.85. The number of H-pyrrole nitrogens is 1. The number of aromatic amines is 1. The predicted octanol–water partition coefficient (Wildman–Crippen LogP) is 1.33. The van der Waals surface area contributed by atoms with Crippen molar-refractivity contribution < 1.29 is 4.84 Å². The lowest BCUT2D eigenvalue weighted by Gasteiger charge is -2.17. The maximum Gasteiger partial charge on any atom is 0.0685 e. The van der Waals surface area contributed by atoms with Crippen molar-refractivity contribution in [2.24, 2.45) is 0 Å². The molecular formula is C9H15N3O. The first-order valence-electron chi connectivity index (χ1n) is 4.81. The second-order valence-electron chi connectivity index (χ2n) is 3.34. The van der Waals surface area contributed by atoms with Crippen LogP contribution in [-0.4, -0.2) is 28.4 Å². The van der Waals surface area contributed by atoms with Crippen molar-refractivity contribution in [3.05, 3.63) is 18.0 Å². The van der Waals surface area contributed by atoms with E-state index in [9.17, 15) is 0 Å². The van der Waals surface area contributed by atoms with Gasteiger partial charge >= 0.3 is 0 Å². The largest absolute Gasteiger partial charge is 0.299 e. The van der Waals surface area contributed by atoms with E-state index < -0.39 is 0 Å². The first-order valence-corrected chi connectivity index (χ1v) is 4.81. The second kappa shape index (κ2) is 4.39. The van der Waals surface area contributed by atoms with Gasteiger partial charge in [0.05, 0.1) is 18.8 Å². The van der Waals surface area contributed by atoms with Crippen molar-refractivity contribution >= 4 is 0 Å². The molecule has 0 unspecified atom stereocenters. The first-order chi connectivity index (χ1) is 6.45. The zero-order valence-corrected chi connectivity index (χ0v) is 7.70. The van der Waals surface area contributed by atoms with E-state index in [1.807, 2.05) is 11.1 Å². The molecule has 0 radical (unpaired) electrons. The molecule has 1 aliphatic rings. The fourth-order valence-electron chi connectivity index (χ4n) is 1.51. The first kappa shape index (κ1) is 8.72. The number of nitrogens with zero attached hydrogens (tertiary/aromatic N) is 2. The van der Waals surface area contributed by atoms with Crippen molar-refractivity contribution in [1.29, 1.82) is 0 Å². The number of aromatic nitrogens is 2. The molecule has 4 heteroatoms. The van der Waals surface area contributed by atoms with Gasteiger partial charge in [-0.25, -0.2) is 0 Å². The maximum absolute atomic E-state index is 5.56. The molecule has 0 aliphatic carbocycles. The number of hydrogen-bond acceptors (Lipinski definition) is 3. The molecule has 2 heterocycles. The molecule has 0 amide bonds. The Labute approximate surface area is 77.8 Å². The number of hydrogen-bond donors (Lipinski definition) is 1. The van der Waals surface area contributed by atoms with E-state index in [4.69, 9.17) is 4.84 Å². The van der Waals surface area contributed by atoms with E-state index in [0.29, 0.717) is 0 Å². The topological polar surface area (TPSA) is 41.1 Å². The van der Waals surface area contributed by atoms with Gasteiger partial charge in [0.2, 0.25) is 0 Å². The third-order valence-corrected chi connectivity index (χ3v) is 2.23. The average molecular weight is 181 g/mol. The van der Waals surface area contributed by atoms with Gasteiger partial charge in [-0.15, -0.1) is 0 Å². The Hall–Kier alpha value is -0.870. The van der Waals surface area contributed by atoms with Crippen LogP contribution in [0.3, 0.4) is 0 Å². The molecule has 13 heavy (non-hydrogen) atoms. The molecule has 1 saturated heterocycles. The normalized spacial score (nSPS) is 20.0. The summed E-state index contributed by atoms with van der Waals surface area (Å²) >= 11 is 0. The fourth-order valence-corrected chi connectivity index (χ4v) is 1.51. The quantitative estimate of drug-likeness (QED) is 0.748. The van der Waals surface area contributed by atoms with Gasteiger partial charge < -0.3 is 0 Å². The standard InChI is InChI=1S/C9H15N3O/c1-2-6-12(13-7-3-1)8-9-4-5-10-11-9/h4-5H,1-3,6-8H2,(H,10,11). The van der Waals surface area contributed by atoms with Gasteiger partial charge in [0, 0.05) is 12.7 Å². The van der Waals surface area contributed by atoms with Gasteiger partial charge in [0.1, 0.15) is 0 Å². The smallest absolute Gasteiger partial charge is 0.0685 e. The average Bonchev–Trinajstić information content (AvgIpc) is 2.49. The summed E-state index contributed by atoms with van der Waals surface area (Å²) in [6.07, 6.45) is 5.46. The van der Waals surface area contributed by atoms with Gasteiger partial charge in [0.15, 0.2) is 0 Å². The zero-order chi connectivity index (χ0) is 8.93. The van der Waals surface area contributed by atoms with Crippen LogP contribution in [0.5, 0.6) is 0 Å². The van der Waals surface area contributed by atoms with Crippen molar-refractivity contribution in [3.8, 4) is 0 Å². The van der Waals surface area contributed by atoms with Crippen LogP contribution >= 0.6 is 0 Å². The molecule has 72 valence electrons. The number of nitrogens with one attached hydrogen (secondary N) is 1. The van der Waals surface area contributed by atoms with Crippen LogP contribution in [-0.2, 0) is 11.4 Å². The Kier molecular flexibility index (Phi) is 2.94. The van der Waals surface area contributed by atoms with Crippen LogP contribution in [0.2, 0.25) is 0 Å². The minimum atomic E-state index is 0.819. The van der Waals surface area contributed by atoms with Crippen LogP contribution in [0.1, 0.15) is 25.0 Å². The summed E-state index contributed by atoms with van der Waals surface area (Å²) in [6, 6.07) is 1.98. The van der Waals surface area contributed by atoms with Gasteiger partial charge in [-0.3, -0.25) is 9.94 Å². The van der Waals surface area contributed by atoms with Crippen LogP contribution in [0.25, 0.3) is 0 Å². The summed E-state index contributed by atoms with van der Waals surface area (Å²) in [6.45, 7) is 2.70. The summed E-state index contributed by atoms with van der Waals surface area (Å²) in [7, 11) is 0. The van der Waals surface area contributed by atoms with E-state index in [-0.39, 0.29) is 0 Å². The highest BCUT2D eigenvalue weighted by Gasteiger charge is 2.10. The number of rotatable bonds is 2. The molecule has 1 aliphatic heterocycles. The Morgan fingerprint density at radius 2 is 2.46 bits per heavy atom. The number of hydroxylamine groups is 2. The monoisotopic (exact) mass is 181 g/mol. The summed E-state index contributed by atoms with van der Waals surface area (Å²) in [4.78, 5) is 5.56. The van der Waals surface area contributed by atoms with Gasteiger partial charge in [-0.2, -0.15) is 10.2 Å².